The molecule has 0 aliphatic heterocycles. The summed E-state index contributed by atoms with van der Waals surface area (Å²) in [5.41, 5.74) is 0. The first-order valence-corrected chi connectivity index (χ1v) is 4.73. The molecule has 1 heterocycles. The second-order valence-electron chi connectivity index (χ2n) is 2.91. The van der Waals surface area contributed by atoms with Crippen molar-refractivity contribution in [3.63, 3.8) is 0 Å². The van der Waals surface area contributed by atoms with Crippen molar-refractivity contribution in [2.75, 3.05) is 0 Å². The Labute approximate surface area is 83.1 Å². The van der Waals surface area contributed by atoms with Crippen molar-refractivity contribution < 1.29 is 8.78 Å². The van der Waals surface area contributed by atoms with Crippen LogP contribution in [-0.4, -0.2) is 14.8 Å². The highest BCUT2D eigenvalue weighted by Gasteiger charge is 2.18. The van der Waals surface area contributed by atoms with Gasteiger partial charge in [-0.15, -0.1) is 10.2 Å². The first kappa shape index (κ1) is 13.0. The summed E-state index contributed by atoms with van der Waals surface area (Å²) < 4.78 is 25.6. The molecule has 0 saturated heterocycles. The fourth-order valence-electron chi connectivity index (χ4n) is 1.02. The molecule has 0 bridgehead atoms. The summed E-state index contributed by atoms with van der Waals surface area (Å²) in [7, 11) is 0. The lowest BCUT2D eigenvalue weighted by molar-refractivity contribution is 0.0637. The van der Waals surface area contributed by atoms with E-state index in [1.165, 1.54) is 6.92 Å². The molecule has 14 heavy (non-hydrogen) atoms. The number of rotatable bonds is 2. The van der Waals surface area contributed by atoms with Crippen LogP contribution in [0.3, 0.4) is 0 Å². The van der Waals surface area contributed by atoms with E-state index in [0.717, 1.165) is 4.57 Å². The Bertz CT molecular complexity index is 269. The molecular formula is C9H17F2N3. The maximum absolute atomic E-state index is 12.4. The normalized spacial score (nSPS) is 10.4. The molecule has 0 atom stereocenters. The van der Waals surface area contributed by atoms with Gasteiger partial charge < -0.3 is 0 Å². The summed E-state index contributed by atoms with van der Waals surface area (Å²) >= 11 is 0. The lowest BCUT2D eigenvalue weighted by Gasteiger charge is -2.08. The Kier molecular flexibility index (Phi) is 5.27. The fourth-order valence-corrected chi connectivity index (χ4v) is 1.02. The number of aromatic nitrogens is 3. The van der Waals surface area contributed by atoms with Gasteiger partial charge in [0.25, 0.3) is 0 Å². The van der Waals surface area contributed by atoms with Crippen LogP contribution in [0.25, 0.3) is 0 Å². The summed E-state index contributed by atoms with van der Waals surface area (Å²) in [6.07, 6.45) is 0. The Morgan fingerprint density at radius 1 is 1.14 bits per heavy atom. The molecule has 0 spiro atoms. The Morgan fingerprint density at radius 3 is 1.93 bits per heavy atom. The van der Waals surface area contributed by atoms with Gasteiger partial charge >= 0.3 is 6.55 Å². The number of halogens is 2. The SMILES string of the molecule is CC.Cc1nnc(C(C)C)n1C(F)F. The van der Waals surface area contributed by atoms with Crippen LogP contribution in [0.15, 0.2) is 0 Å². The van der Waals surface area contributed by atoms with Crippen LogP contribution >= 0.6 is 0 Å². The van der Waals surface area contributed by atoms with Crippen molar-refractivity contribution in [2.24, 2.45) is 0 Å². The van der Waals surface area contributed by atoms with Crippen molar-refractivity contribution in [3.05, 3.63) is 11.6 Å². The van der Waals surface area contributed by atoms with E-state index < -0.39 is 6.55 Å². The van der Waals surface area contributed by atoms with Gasteiger partial charge in [0.1, 0.15) is 11.6 Å². The quantitative estimate of drug-likeness (QED) is 0.742. The lowest BCUT2D eigenvalue weighted by Crippen LogP contribution is -2.07. The van der Waals surface area contributed by atoms with Gasteiger partial charge in [0.15, 0.2) is 0 Å². The summed E-state index contributed by atoms with van der Waals surface area (Å²) in [6.45, 7) is 6.59. The van der Waals surface area contributed by atoms with Crippen molar-refractivity contribution in [1.82, 2.24) is 14.8 Å². The zero-order valence-electron chi connectivity index (χ0n) is 9.25. The maximum atomic E-state index is 12.4. The van der Waals surface area contributed by atoms with Crippen LogP contribution in [-0.2, 0) is 0 Å². The molecule has 5 heteroatoms. The third-order valence-electron chi connectivity index (χ3n) is 1.60. The topological polar surface area (TPSA) is 30.7 Å². The van der Waals surface area contributed by atoms with E-state index >= 15 is 0 Å². The Hall–Kier alpha value is -1.00. The minimum absolute atomic E-state index is 0.0276. The first-order chi connectivity index (χ1) is 6.54. The highest BCUT2D eigenvalue weighted by molar-refractivity contribution is 4.98. The van der Waals surface area contributed by atoms with Gasteiger partial charge in [-0.2, -0.15) is 8.78 Å². The zero-order valence-corrected chi connectivity index (χ0v) is 9.25. The van der Waals surface area contributed by atoms with Gasteiger partial charge in [0, 0.05) is 5.92 Å². The van der Waals surface area contributed by atoms with E-state index in [0.29, 0.717) is 5.82 Å². The van der Waals surface area contributed by atoms with E-state index in [1.54, 1.807) is 0 Å². The molecule has 0 amide bonds. The molecule has 1 rings (SSSR count). The number of aryl methyl sites for hydroxylation is 1. The van der Waals surface area contributed by atoms with Gasteiger partial charge in [-0.1, -0.05) is 27.7 Å². The van der Waals surface area contributed by atoms with Crippen molar-refractivity contribution in [2.45, 2.75) is 47.1 Å². The van der Waals surface area contributed by atoms with Crippen molar-refractivity contribution in [1.29, 1.82) is 0 Å². The predicted octanol–water partition coefficient (Wildman–Crippen LogP) is 3.13. The molecule has 0 fully saturated rings. The van der Waals surface area contributed by atoms with Gasteiger partial charge in [0.2, 0.25) is 0 Å². The minimum atomic E-state index is -2.54. The van der Waals surface area contributed by atoms with Gasteiger partial charge in [-0.05, 0) is 6.92 Å². The molecule has 0 aliphatic carbocycles. The Balaban J connectivity index is 0.000000791. The monoisotopic (exact) mass is 205 g/mol. The second kappa shape index (κ2) is 5.67. The van der Waals surface area contributed by atoms with E-state index in [1.807, 2.05) is 27.7 Å². The van der Waals surface area contributed by atoms with Gasteiger partial charge in [0.05, 0.1) is 0 Å². The third kappa shape index (κ3) is 2.75. The third-order valence-corrected chi connectivity index (χ3v) is 1.60. The first-order valence-electron chi connectivity index (χ1n) is 4.73. The molecule has 0 aromatic carbocycles. The molecule has 0 unspecified atom stereocenters. The van der Waals surface area contributed by atoms with E-state index in [9.17, 15) is 8.78 Å². The predicted molar refractivity (Wildman–Crippen MR) is 51.4 cm³/mol. The van der Waals surface area contributed by atoms with E-state index in [2.05, 4.69) is 10.2 Å². The van der Waals surface area contributed by atoms with Crippen LogP contribution < -0.4 is 0 Å². The number of alkyl halides is 2. The van der Waals surface area contributed by atoms with Gasteiger partial charge in [-0.3, -0.25) is 4.57 Å². The molecule has 0 aliphatic rings. The highest BCUT2D eigenvalue weighted by Crippen LogP contribution is 2.20. The van der Waals surface area contributed by atoms with Crippen LogP contribution in [0, 0.1) is 6.92 Å². The molecule has 0 radical (unpaired) electrons. The van der Waals surface area contributed by atoms with Crippen molar-refractivity contribution in [3.8, 4) is 0 Å². The smallest absolute Gasteiger partial charge is 0.256 e. The number of nitrogens with zero attached hydrogens (tertiary/aromatic N) is 3. The summed E-state index contributed by atoms with van der Waals surface area (Å²) in [5.74, 6) is 0.566. The molecule has 3 nitrogen and oxygen atoms in total. The molecular weight excluding hydrogens is 188 g/mol. The molecule has 82 valence electrons. The second-order valence-corrected chi connectivity index (χ2v) is 2.91. The largest absolute Gasteiger partial charge is 0.321 e. The van der Waals surface area contributed by atoms with Crippen molar-refractivity contribution >= 4 is 0 Å². The van der Waals surface area contributed by atoms with Crippen LogP contribution in [0.2, 0.25) is 0 Å². The molecule has 0 saturated carbocycles. The number of hydrogen-bond acceptors (Lipinski definition) is 2. The highest BCUT2D eigenvalue weighted by atomic mass is 19.3. The van der Waals surface area contributed by atoms with Crippen LogP contribution in [0.1, 0.15) is 51.8 Å². The zero-order chi connectivity index (χ0) is 11.3. The number of hydrogen-bond donors (Lipinski definition) is 0. The Morgan fingerprint density at radius 2 is 1.64 bits per heavy atom. The standard InChI is InChI=1S/C7H11F2N3.C2H6/c1-4(2)6-11-10-5(3)12(6)7(8)9;1-2/h4,7H,1-3H3;1-2H3. The lowest BCUT2D eigenvalue weighted by atomic mass is 10.2. The summed E-state index contributed by atoms with van der Waals surface area (Å²) in [6, 6.07) is 0. The average Bonchev–Trinajstić information content (AvgIpc) is 2.50. The summed E-state index contributed by atoms with van der Waals surface area (Å²) in [5, 5.41) is 7.26. The van der Waals surface area contributed by atoms with E-state index in [4.69, 9.17) is 0 Å². The van der Waals surface area contributed by atoms with Crippen LogP contribution in [0.5, 0.6) is 0 Å². The summed E-state index contributed by atoms with van der Waals surface area (Å²) in [4.78, 5) is 0. The maximum Gasteiger partial charge on any atom is 0.321 e. The molecule has 1 aromatic heterocycles. The van der Waals surface area contributed by atoms with Crippen LogP contribution in [0.4, 0.5) is 8.78 Å². The molecule has 0 N–H and O–H groups in total. The molecule has 1 aromatic rings. The minimum Gasteiger partial charge on any atom is -0.256 e. The average molecular weight is 205 g/mol. The fraction of sp³-hybridized carbons (Fsp3) is 0.778. The van der Waals surface area contributed by atoms with E-state index in [-0.39, 0.29) is 11.7 Å². The van der Waals surface area contributed by atoms with Gasteiger partial charge in [-0.25, -0.2) is 0 Å².